The summed E-state index contributed by atoms with van der Waals surface area (Å²) in [6, 6.07) is 2.11. The van der Waals surface area contributed by atoms with E-state index in [1.807, 2.05) is 13.8 Å². The zero-order valence-corrected chi connectivity index (χ0v) is 15.6. The van der Waals surface area contributed by atoms with Crippen molar-refractivity contribution in [3.63, 3.8) is 0 Å². The molecule has 0 amide bonds. The molecule has 0 unspecified atom stereocenters. The van der Waals surface area contributed by atoms with Crippen molar-refractivity contribution in [1.29, 1.82) is 0 Å². The fraction of sp³-hybridized carbons (Fsp3) is 0.429. The third-order valence-electron chi connectivity index (χ3n) is 2.80. The van der Waals surface area contributed by atoms with Crippen molar-refractivity contribution in [2.24, 2.45) is 4.99 Å². The number of aliphatic imine (C=N–C) groups is 1. The van der Waals surface area contributed by atoms with Crippen molar-refractivity contribution in [1.82, 2.24) is 15.6 Å². The molecule has 2 rings (SSSR count). The van der Waals surface area contributed by atoms with Gasteiger partial charge in [-0.05, 0) is 53.7 Å². The van der Waals surface area contributed by atoms with Gasteiger partial charge >= 0.3 is 0 Å². The van der Waals surface area contributed by atoms with Gasteiger partial charge in [0.1, 0.15) is 0 Å². The maximum atomic E-state index is 4.61. The van der Waals surface area contributed by atoms with Gasteiger partial charge in [-0.2, -0.15) is 0 Å². The Morgan fingerprint density at radius 2 is 2.19 bits per heavy atom. The lowest BCUT2D eigenvalue weighted by Gasteiger charge is -2.10. The second-order valence-corrected chi connectivity index (χ2v) is 8.13. The maximum Gasteiger partial charge on any atom is 0.191 e. The van der Waals surface area contributed by atoms with Crippen LogP contribution < -0.4 is 10.6 Å². The zero-order valence-electron chi connectivity index (χ0n) is 12.4. The van der Waals surface area contributed by atoms with E-state index in [0.29, 0.717) is 6.54 Å². The number of aryl methyl sites for hydroxylation is 2. The van der Waals surface area contributed by atoms with Crippen LogP contribution in [0, 0.1) is 13.8 Å². The molecule has 2 heterocycles. The highest BCUT2D eigenvalue weighted by Gasteiger charge is 2.06. The first kappa shape index (κ1) is 16.5. The number of rotatable bonds is 5. The molecule has 7 heteroatoms. The minimum absolute atomic E-state index is 0.679. The molecule has 2 aromatic rings. The van der Waals surface area contributed by atoms with E-state index in [9.17, 15) is 0 Å². The number of aromatic nitrogens is 1. The first-order chi connectivity index (χ1) is 10.1. The summed E-state index contributed by atoms with van der Waals surface area (Å²) < 4.78 is 1.14. The number of thiophene rings is 1. The zero-order chi connectivity index (χ0) is 15.2. The molecule has 2 aromatic heterocycles. The third kappa shape index (κ3) is 5.09. The molecule has 0 radical (unpaired) electrons. The number of nitrogens with one attached hydrogen (secondary N) is 2. The average molecular weight is 387 g/mol. The Labute approximate surface area is 141 Å². The monoisotopic (exact) mass is 386 g/mol. The lowest BCUT2D eigenvalue weighted by molar-refractivity contribution is 0.819. The smallest absolute Gasteiger partial charge is 0.191 e. The van der Waals surface area contributed by atoms with Gasteiger partial charge in [-0.1, -0.05) is 0 Å². The van der Waals surface area contributed by atoms with E-state index in [-0.39, 0.29) is 0 Å². The van der Waals surface area contributed by atoms with Gasteiger partial charge in [0, 0.05) is 11.4 Å². The molecule has 4 nitrogen and oxygen atoms in total. The summed E-state index contributed by atoms with van der Waals surface area (Å²) in [6.07, 6.45) is 0. The lowest BCUT2D eigenvalue weighted by Crippen LogP contribution is -2.36. The van der Waals surface area contributed by atoms with Crippen LogP contribution >= 0.6 is 38.6 Å². The van der Waals surface area contributed by atoms with Gasteiger partial charge in [0.05, 0.1) is 27.6 Å². The normalized spacial score (nSPS) is 11.7. The van der Waals surface area contributed by atoms with Crippen molar-refractivity contribution in [2.75, 3.05) is 6.54 Å². The fourth-order valence-electron chi connectivity index (χ4n) is 1.84. The van der Waals surface area contributed by atoms with Gasteiger partial charge in [0.25, 0.3) is 0 Å². The Hall–Kier alpha value is -0.920. The molecule has 0 atom stereocenters. The van der Waals surface area contributed by atoms with E-state index < -0.39 is 0 Å². The number of halogens is 1. The van der Waals surface area contributed by atoms with Crippen LogP contribution in [0.5, 0.6) is 0 Å². The highest BCUT2D eigenvalue weighted by atomic mass is 79.9. The molecule has 2 N–H and O–H groups in total. The Bertz CT molecular complexity index is 618. The molecule has 0 aromatic carbocycles. The summed E-state index contributed by atoms with van der Waals surface area (Å²) in [4.78, 5) is 10.3. The van der Waals surface area contributed by atoms with E-state index in [4.69, 9.17) is 0 Å². The predicted molar refractivity (Wildman–Crippen MR) is 95.3 cm³/mol. The first-order valence-electron chi connectivity index (χ1n) is 6.76. The van der Waals surface area contributed by atoms with Crippen LogP contribution in [0.3, 0.4) is 0 Å². The SMILES string of the molecule is CCNC(=NCc1csc(Br)c1)NCc1sc(C)nc1C. The summed E-state index contributed by atoms with van der Waals surface area (Å²) >= 11 is 6.89. The van der Waals surface area contributed by atoms with E-state index in [2.05, 4.69) is 54.9 Å². The highest BCUT2D eigenvalue weighted by molar-refractivity contribution is 9.11. The van der Waals surface area contributed by atoms with E-state index in [1.54, 1.807) is 22.7 Å². The Balaban J connectivity index is 1.96. The van der Waals surface area contributed by atoms with Crippen LogP contribution in [-0.4, -0.2) is 17.5 Å². The van der Waals surface area contributed by atoms with Crippen molar-refractivity contribution < 1.29 is 0 Å². The molecule has 0 aliphatic carbocycles. The number of nitrogens with zero attached hydrogens (tertiary/aromatic N) is 2. The fourth-order valence-corrected chi connectivity index (χ4v) is 3.92. The summed E-state index contributed by atoms with van der Waals surface area (Å²) in [6.45, 7) is 8.44. The number of thiazole rings is 1. The molecular formula is C14H19BrN4S2. The highest BCUT2D eigenvalue weighted by Crippen LogP contribution is 2.21. The van der Waals surface area contributed by atoms with Crippen LogP contribution in [0.25, 0.3) is 0 Å². The Morgan fingerprint density at radius 3 is 2.76 bits per heavy atom. The van der Waals surface area contributed by atoms with Crippen LogP contribution in [0.2, 0.25) is 0 Å². The molecule has 0 saturated heterocycles. The van der Waals surface area contributed by atoms with E-state index >= 15 is 0 Å². The molecular weight excluding hydrogens is 368 g/mol. The van der Waals surface area contributed by atoms with Crippen LogP contribution in [0.1, 0.15) is 28.1 Å². The molecule has 21 heavy (non-hydrogen) atoms. The minimum atomic E-state index is 0.679. The van der Waals surface area contributed by atoms with Crippen LogP contribution in [0.4, 0.5) is 0 Å². The quantitative estimate of drug-likeness (QED) is 0.606. The van der Waals surface area contributed by atoms with Gasteiger partial charge in [0.2, 0.25) is 0 Å². The van der Waals surface area contributed by atoms with E-state index in [0.717, 1.165) is 33.5 Å². The molecule has 0 spiro atoms. The van der Waals surface area contributed by atoms with Gasteiger partial charge < -0.3 is 10.6 Å². The second-order valence-electron chi connectivity index (χ2n) is 4.55. The van der Waals surface area contributed by atoms with Crippen molar-refractivity contribution in [2.45, 2.75) is 33.9 Å². The van der Waals surface area contributed by atoms with Gasteiger partial charge in [-0.3, -0.25) is 0 Å². The molecule has 0 aliphatic rings. The molecule has 114 valence electrons. The summed E-state index contributed by atoms with van der Waals surface area (Å²) in [7, 11) is 0. The topological polar surface area (TPSA) is 49.3 Å². The van der Waals surface area contributed by atoms with Crippen molar-refractivity contribution >= 4 is 44.6 Å². The maximum absolute atomic E-state index is 4.61. The second kappa shape index (κ2) is 7.91. The summed E-state index contributed by atoms with van der Waals surface area (Å²) in [5.74, 6) is 0.838. The molecule has 0 fully saturated rings. The first-order valence-corrected chi connectivity index (χ1v) is 9.25. The average Bonchev–Trinajstić information content (AvgIpc) is 2.99. The van der Waals surface area contributed by atoms with E-state index in [1.165, 1.54) is 10.4 Å². The predicted octanol–water partition coefficient (Wildman–Crippen LogP) is 3.84. The summed E-state index contributed by atoms with van der Waals surface area (Å²) in [5.41, 5.74) is 2.32. The minimum Gasteiger partial charge on any atom is -0.357 e. The van der Waals surface area contributed by atoms with Crippen molar-refractivity contribution in [3.8, 4) is 0 Å². The number of guanidine groups is 1. The van der Waals surface area contributed by atoms with Crippen LogP contribution in [0.15, 0.2) is 20.2 Å². The standard InChI is InChI=1S/C14H19BrN4S2/c1-4-16-14(17-6-11-5-13(15)20-8-11)18-7-12-9(2)19-10(3)21-12/h5,8H,4,6-7H2,1-3H3,(H2,16,17,18). The van der Waals surface area contributed by atoms with Gasteiger partial charge in [-0.15, -0.1) is 22.7 Å². The van der Waals surface area contributed by atoms with Gasteiger partial charge in [0.15, 0.2) is 5.96 Å². The summed E-state index contributed by atoms with van der Waals surface area (Å²) in [5, 5.41) is 9.86. The Morgan fingerprint density at radius 1 is 1.38 bits per heavy atom. The third-order valence-corrected chi connectivity index (χ3v) is 5.43. The van der Waals surface area contributed by atoms with Gasteiger partial charge in [-0.25, -0.2) is 9.98 Å². The lowest BCUT2D eigenvalue weighted by atomic mass is 10.3. The Kier molecular flexibility index (Phi) is 6.20. The van der Waals surface area contributed by atoms with Crippen LogP contribution in [-0.2, 0) is 13.1 Å². The number of hydrogen-bond donors (Lipinski definition) is 2. The molecule has 0 saturated carbocycles. The molecule has 0 bridgehead atoms. The van der Waals surface area contributed by atoms with Crippen molar-refractivity contribution in [3.05, 3.63) is 36.4 Å². The largest absolute Gasteiger partial charge is 0.357 e. The number of hydrogen-bond acceptors (Lipinski definition) is 4. The molecule has 0 aliphatic heterocycles.